The first-order valence-electron chi connectivity index (χ1n) is 12.0. The first-order valence-corrected chi connectivity index (χ1v) is 12.0. The molecule has 34 heavy (non-hydrogen) atoms. The molecule has 2 aromatic carbocycles. The number of hydrogen-bond acceptors (Lipinski definition) is 7. The summed E-state index contributed by atoms with van der Waals surface area (Å²) in [6, 6.07) is 13.6. The molecule has 0 aliphatic carbocycles. The number of ether oxygens (including phenoxy) is 2. The zero-order valence-electron chi connectivity index (χ0n) is 19.2. The maximum atomic E-state index is 12.3. The lowest BCUT2D eigenvalue weighted by atomic mass is 10.0. The van der Waals surface area contributed by atoms with E-state index in [9.17, 15) is 14.7 Å². The van der Waals surface area contributed by atoms with E-state index in [-0.39, 0.29) is 18.2 Å². The highest BCUT2D eigenvalue weighted by molar-refractivity contribution is 6.00. The predicted octanol–water partition coefficient (Wildman–Crippen LogP) is 2.10. The standard InChI is InChI=1S/C26H31N3O5/c30-24-10-9-22(25(31)27-24)29-16-21-20(26(29)32)3-1-4-23(21)34-17-19-7-5-18(6-8-19)15-28-11-2-13-33-14-12-28/h1,3-8,22,26,32H,2,9-17H2,(H,27,30,31)/t22?,26-/m1/s1. The average Bonchev–Trinajstić information content (AvgIpc) is 2.99. The number of fused-ring (bicyclic) bond motifs is 1. The predicted molar refractivity (Wildman–Crippen MR) is 125 cm³/mol. The van der Waals surface area contributed by atoms with Crippen molar-refractivity contribution >= 4 is 11.8 Å². The third-order valence-electron chi connectivity index (χ3n) is 6.85. The number of aliphatic hydroxyl groups excluding tert-OH is 1. The Hall–Kier alpha value is -2.78. The Balaban J connectivity index is 1.21. The minimum atomic E-state index is -0.897. The highest BCUT2D eigenvalue weighted by Crippen LogP contribution is 2.39. The molecule has 2 atom stereocenters. The van der Waals surface area contributed by atoms with Gasteiger partial charge < -0.3 is 14.6 Å². The van der Waals surface area contributed by atoms with Gasteiger partial charge in [0, 0.05) is 50.3 Å². The van der Waals surface area contributed by atoms with E-state index in [4.69, 9.17) is 9.47 Å². The van der Waals surface area contributed by atoms with Crippen molar-refractivity contribution in [3.8, 4) is 5.75 Å². The number of aliphatic hydroxyl groups is 1. The summed E-state index contributed by atoms with van der Waals surface area (Å²) in [7, 11) is 0. The summed E-state index contributed by atoms with van der Waals surface area (Å²) in [5.74, 6) is 0.0984. The van der Waals surface area contributed by atoms with Gasteiger partial charge in [-0.15, -0.1) is 0 Å². The second-order valence-electron chi connectivity index (χ2n) is 9.18. The molecule has 3 aliphatic rings. The first-order chi connectivity index (χ1) is 16.6. The van der Waals surface area contributed by atoms with Crippen LogP contribution in [-0.2, 0) is 34.0 Å². The molecule has 8 nitrogen and oxygen atoms in total. The van der Waals surface area contributed by atoms with Crippen molar-refractivity contribution in [3.63, 3.8) is 0 Å². The Labute approximate surface area is 199 Å². The highest BCUT2D eigenvalue weighted by Gasteiger charge is 2.40. The van der Waals surface area contributed by atoms with Gasteiger partial charge >= 0.3 is 0 Å². The fourth-order valence-corrected chi connectivity index (χ4v) is 4.97. The number of rotatable bonds is 6. The van der Waals surface area contributed by atoms with Crippen molar-refractivity contribution in [2.45, 2.75) is 51.2 Å². The Bertz CT molecular complexity index is 1030. The van der Waals surface area contributed by atoms with Crippen molar-refractivity contribution in [3.05, 3.63) is 64.7 Å². The van der Waals surface area contributed by atoms with Crippen molar-refractivity contribution in [1.29, 1.82) is 0 Å². The largest absolute Gasteiger partial charge is 0.489 e. The zero-order chi connectivity index (χ0) is 23.5. The Morgan fingerprint density at radius 1 is 1.06 bits per heavy atom. The minimum Gasteiger partial charge on any atom is -0.489 e. The monoisotopic (exact) mass is 465 g/mol. The molecule has 2 amide bonds. The van der Waals surface area contributed by atoms with Crippen LogP contribution in [-0.4, -0.2) is 59.1 Å². The number of nitrogens with one attached hydrogen (secondary N) is 1. The summed E-state index contributed by atoms with van der Waals surface area (Å²) in [4.78, 5) is 28.0. The molecule has 0 radical (unpaired) electrons. The van der Waals surface area contributed by atoms with Gasteiger partial charge in [0.25, 0.3) is 0 Å². The number of nitrogens with zero attached hydrogens (tertiary/aromatic N) is 2. The summed E-state index contributed by atoms with van der Waals surface area (Å²) >= 11 is 0. The zero-order valence-corrected chi connectivity index (χ0v) is 19.2. The van der Waals surface area contributed by atoms with Gasteiger partial charge in [-0.25, -0.2) is 0 Å². The molecule has 0 spiro atoms. The molecule has 2 aromatic rings. The van der Waals surface area contributed by atoms with Crippen LogP contribution in [0.2, 0.25) is 0 Å². The van der Waals surface area contributed by atoms with Gasteiger partial charge in [0.1, 0.15) is 18.6 Å². The third-order valence-corrected chi connectivity index (χ3v) is 6.85. The van der Waals surface area contributed by atoms with Gasteiger partial charge in [-0.3, -0.25) is 24.7 Å². The SMILES string of the molecule is O=C1CCC(N2Cc3c(OCc4ccc(CN5CCCOCC5)cc4)cccc3[C@H]2O)C(=O)N1. The lowest BCUT2D eigenvalue weighted by molar-refractivity contribution is -0.141. The molecule has 0 bridgehead atoms. The molecule has 5 rings (SSSR count). The second-order valence-corrected chi connectivity index (χ2v) is 9.18. The second kappa shape index (κ2) is 10.2. The van der Waals surface area contributed by atoms with Crippen LogP contribution in [0, 0.1) is 0 Å². The molecular weight excluding hydrogens is 434 g/mol. The Morgan fingerprint density at radius 2 is 1.88 bits per heavy atom. The highest BCUT2D eigenvalue weighted by atomic mass is 16.5. The number of imide groups is 1. The fraction of sp³-hybridized carbons (Fsp3) is 0.462. The van der Waals surface area contributed by atoms with Crippen molar-refractivity contribution in [2.75, 3.05) is 26.3 Å². The Kier molecular flexibility index (Phi) is 6.92. The lowest BCUT2D eigenvalue weighted by Crippen LogP contribution is -2.51. The van der Waals surface area contributed by atoms with Crippen LogP contribution in [0.25, 0.3) is 0 Å². The van der Waals surface area contributed by atoms with Gasteiger partial charge in [-0.1, -0.05) is 36.4 Å². The molecule has 0 aromatic heterocycles. The molecule has 1 unspecified atom stereocenters. The van der Waals surface area contributed by atoms with Gasteiger partial charge in [-0.05, 0) is 30.0 Å². The summed E-state index contributed by atoms with van der Waals surface area (Å²) < 4.78 is 11.7. The molecule has 0 saturated carbocycles. The fourth-order valence-electron chi connectivity index (χ4n) is 4.97. The van der Waals surface area contributed by atoms with E-state index >= 15 is 0 Å². The summed E-state index contributed by atoms with van der Waals surface area (Å²) in [6.45, 7) is 5.41. The normalized spacial score (nSPS) is 23.9. The van der Waals surface area contributed by atoms with E-state index in [0.29, 0.717) is 25.3 Å². The smallest absolute Gasteiger partial charge is 0.244 e. The van der Waals surface area contributed by atoms with Crippen LogP contribution in [0.5, 0.6) is 5.75 Å². The molecule has 2 fully saturated rings. The van der Waals surface area contributed by atoms with Gasteiger partial charge in [-0.2, -0.15) is 0 Å². The van der Waals surface area contributed by atoms with Crippen LogP contribution < -0.4 is 10.1 Å². The Morgan fingerprint density at radius 3 is 2.71 bits per heavy atom. The van der Waals surface area contributed by atoms with Gasteiger partial charge in [0.05, 0.1) is 12.6 Å². The number of carbonyl (C=O) groups excluding carboxylic acids is 2. The van der Waals surface area contributed by atoms with Gasteiger partial charge in [0.15, 0.2) is 0 Å². The van der Waals surface area contributed by atoms with Crippen LogP contribution in [0.3, 0.4) is 0 Å². The lowest BCUT2D eigenvalue weighted by Gasteiger charge is -2.31. The van der Waals surface area contributed by atoms with E-state index in [0.717, 1.165) is 56.0 Å². The van der Waals surface area contributed by atoms with Crippen LogP contribution in [0.4, 0.5) is 0 Å². The number of carbonyl (C=O) groups is 2. The van der Waals surface area contributed by atoms with Crippen molar-refractivity contribution < 1.29 is 24.2 Å². The van der Waals surface area contributed by atoms with E-state index in [1.807, 2.05) is 18.2 Å². The molecule has 2 N–H and O–H groups in total. The van der Waals surface area contributed by atoms with E-state index in [1.54, 1.807) is 4.90 Å². The summed E-state index contributed by atoms with van der Waals surface area (Å²) in [5.41, 5.74) is 3.98. The number of amides is 2. The average molecular weight is 466 g/mol. The molecule has 180 valence electrons. The first kappa shape index (κ1) is 23.0. The molecular formula is C26H31N3O5. The minimum absolute atomic E-state index is 0.261. The molecule has 3 aliphatic heterocycles. The molecule has 3 heterocycles. The van der Waals surface area contributed by atoms with E-state index < -0.39 is 12.3 Å². The van der Waals surface area contributed by atoms with Crippen molar-refractivity contribution in [2.24, 2.45) is 0 Å². The quantitative estimate of drug-likeness (QED) is 0.632. The molecule has 8 heteroatoms. The van der Waals surface area contributed by atoms with Crippen molar-refractivity contribution in [1.82, 2.24) is 15.1 Å². The topological polar surface area (TPSA) is 91.3 Å². The van der Waals surface area contributed by atoms with Crippen LogP contribution >= 0.6 is 0 Å². The third kappa shape index (κ3) is 5.00. The van der Waals surface area contributed by atoms with E-state index in [2.05, 4.69) is 34.5 Å². The number of hydrogen-bond donors (Lipinski definition) is 2. The van der Waals surface area contributed by atoms with Crippen LogP contribution in [0.15, 0.2) is 42.5 Å². The molecule has 2 saturated heterocycles. The number of benzene rings is 2. The van der Waals surface area contributed by atoms with Gasteiger partial charge in [0.2, 0.25) is 11.8 Å². The number of piperidine rings is 1. The maximum absolute atomic E-state index is 12.3. The maximum Gasteiger partial charge on any atom is 0.244 e. The summed E-state index contributed by atoms with van der Waals surface area (Å²) in [5, 5.41) is 13.2. The van der Waals surface area contributed by atoms with Crippen LogP contribution in [0.1, 0.15) is 47.7 Å². The summed E-state index contributed by atoms with van der Waals surface area (Å²) in [6.07, 6.45) is 0.859. The van der Waals surface area contributed by atoms with E-state index in [1.165, 1.54) is 5.56 Å².